The maximum Gasteiger partial charge on any atom is 0.308 e. The quantitative estimate of drug-likeness (QED) is 0.905. The zero-order chi connectivity index (χ0) is 17.0. The highest BCUT2D eigenvalue weighted by Crippen LogP contribution is 2.30. The van der Waals surface area contributed by atoms with Gasteiger partial charge in [0.2, 0.25) is 5.91 Å². The molecule has 1 N–H and O–H groups in total. The molecule has 23 heavy (non-hydrogen) atoms. The highest BCUT2D eigenvalue weighted by molar-refractivity contribution is 5.78. The first-order valence-corrected chi connectivity index (χ1v) is 8.41. The van der Waals surface area contributed by atoms with E-state index in [0.717, 1.165) is 12.8 Å². The summed E-state index contributed by atoms with van der Waals surface area (Å²) >= 11 is 0. The number of carboxylic acids is 1. The SMILES string of the molecule is C[C@@H]1[C@H](C(=O)O)CCCN1C(=O)CCC(C)(C)c1ccccc1. The van der Waals surface area contributed by atoms with E-state index < -0.39 is 11.9 Å². The fourth-order valence-corrected chi connectivity index (χ4v) is 3.42. The minimum atomic E-state index is -0.792. The molecule has 2 rings (SSSR count). The number of rotatable bonds is 5. The molecule has 126 valence electrons. The van der Waals surface area contributed by atoms with Crippen LogP contribution in [-0.2, 0) is 15.0 Å². The summed E-state index contributed by atoms with van der Waals surface area (Å²) in [6.45, 7) is 6.83. The van der Waals surface area contributed by atoms with Gasteiger partial charge in [0.05, 0.1) is 5.92 Å². The van der Waals surface area contributed by atoms with Gasteiger partial charge in [-0.15, -0.1) is 0 Å². The first-order chi connectivity index (χ1) is 10.8. The summed E-state index contributed by atoms with van der Waals surface area (Å²) in [6.07, 6.45) is 2.65. The highest BCUT2D eigenvalue weighted by atomic mass is 16.4. The molecule has 1 heterocycles. The molecule has 0 radical (unpaired) electrons. The molecule has 4 heteroatoms. The zero-order valence-corrected chi connectivity index (χ0v) is 14.3. The van der Waals surface area contributed by atoms with Gasteiger partial charge in [0.25, 0.3) is 0 Å². The maximum atomic E-state index is 12.6. The molecule has 0 aromatic heterocycles. The van der Waals surface area contributed by atoms with Gasteiger partial charge < -0.3 is 10.0 Å². The third-order valence-corrected chi connectivity index (χ3v) is 5.14. The van der Waals surface area contributed by atoms with Crippen molar-refractivity contribution in [2.45, 2.75) is 57.9 Å². The molecule has 1 amide bonds. The maximum absolute atomic E-state index is 12.6. The van der Waals surface area contributed by atoms with Crippen LogP contribution in [-0.4, -0.2) is 34.5 Å². The van der Waals surface area contributed by atoms with Gasteiger partial charge >= 0.3 is 5.97 Å². The molecule has 0 saturated carbocycles. The summed E-state index contributed by atoms with van der Waals surface area (Å²) in [5.74, 6) is -1.15. The van der Waals surface area contributed by atoms with Crippen LogP contribution < -0.4 is 0 Å². The molecule has 0 bridgehead atoms. The summed E-state index contributed by atoms with van der Waals surface area (Å²) in [4.78, 5) is 25.7. The monoisotopic (exact) mass is 317 g/mol. The Morgan fingerprint density at radius 1 is 1.26 bits per heavy atom. The third kappa shape index (κ3) is 4.12. The van der Waals surface area contributed by atoms with Crippen molar-refractivity contribution in [2.75, 3.05) is 6.54 Å². The molecular weight excluding hydrogens is 290 g/mol. The number of carbonyl (C=O) groups excluding carboxylic acids is 1. The van der Waals surface area contributed by atoms with Crippen LogP contribution in [0.2, 0.25) is 0 Å². The zero-order valence-electron chi connectivity index (χ0n) is 14.3. The lowest BCUT2D eigenvalue weighted by molar-refractivity contribution is -0.149. The van der Waals surface area contributed by atoms with Gasteiger partial charge in [-0.25, -0.2) is 0 Å². The van der Waals surface area contributed by atoms with Crippen molar-refractivity contribution in [3.05, 3.63) is 35.9 Å². The van der Waals surface area contributed by atoms with E-state index in [1.807, 2.05) is 25.1 Å². The van der Waals surface area contributed by atoms with Crippen LogP contribution in [0.5, 0.6) is 0 Å². The number of hydrogen-bond donors (Lipinski definition) is 1. The number of nitrogens with zero attached hydrogens (tertiary/aromatic N) is 1. The molecular formula is C19H27NO3. The van der Waals surface area contributed by atoms with Crippen molar-refractivity contribution in [1.82, 2.24) is 4.90 Å². The Morgan fingerprint density at radius 2 is 1.91 bits per heavy atom. The van der Waals surface area contributed by atoms with E-state index in [4.69, 9.17) is 0 Å². The number of piperidine rings is 1. The first kappa shape index (κ1) is 17.5. The van der Waals surface area contributed by atoms with E-state index in [0.29, 0.717) is 19.4 Å². The van der Waals surface area contributed by atoms with Crippen LogP contribution in [0.1, 0.15) is 52.0 Å². The van der Waals surface area contributed by atoms with Crippen LogP contribution in [0.4, 0.5) is 0 Å². The summed E-state index contributed by atoms with van der Waals surface area (Å²) in [6, 6.07) is 10.00. The van der Waals surface area contributed by atoms with Crippen molar-refractivity contribution in [1.29, 1.82) is 0 Å². The number of benzene rings is 1. The minimum absolute atomic E-state index is 0.0673. The fourth-order valence-electron chi connectivity index (χ4n) is 3.42. The second-order valence-electron chi connectivity index (χ2n) is 7.16. The lowest BCUT2D eigenvalue weighted by atomic mass is 9.80. The average molecular weight is 317 g/mol. The van der Waals surface area contributed by atoms with Crippen LogP contribution in [0.25, 0.3) is 0 Å². The summed E-state index contributed by atoms with van der Waals surface area (Å²) in [7, 11) is 0. The van der Waals surface area contributed by atoms with Crippen molar-refractivity contribution in [3.8, 4) is 0 Å². The molecule has 0 unspecified atom stereocenters. The number of carboxylic acid groups (broad SMARTS) is 1. The first-order valence-electron chi connectivity index (χ1n) is 8.41. The molecule has 1 saturated heterocycles. The van der Waals surface area contributed by atoms with Crippen LogP contribution in [0.3, 0.4) is 0 Å². The van der Waals surface area contributed by atoms with Crippen molar-refractivity contribution >= 4 is 11.9 Å². The average Bonchev–Trinajstić information content (AvgIpc) is 2.53. The largest absolute Gasteiger partial charge is 0.481 e. The number of hydrogen-bond acceptors (Lipinski definition) is 2. The van der Waals surface area contributed by atoms with Gasteiger partial charge in [0, 0.05) is 19.0 Å². The van der Waals surface area contributed by atoms with Crippen molar-refractivity contribution in [2.24, 2.45) is 5.92 Å². The topological polar surface area (TPSA) is 57.6 Å². The Bertz CT molecular complexity index is 553. The fraction of sp³-hybridized carbons (Fsp3) is 0.579. The molecule has 1 fully saturated rings. The number of aliphatic carboxylic acids is 1. The molecule has 0 aliphatic carbocycles. The lowest BCUT2D eigenvalue weighted by Crippen LogP contribution is -2.49. The second kappa shape index (κ2) is 7.16. The van der Waals surface area contributed by atoms with E-state index in [-0.39, 0.29) is 17.4 Å². The minimum Gasteiger partial charge on any atom is -0.481 e. The molecule has 2 atom stereocenters. The van der Waals surface area contributed by atoms with Gasteiger partial charge in [0.15, 0.2) is 0 Å². The Morgan fingerprint density at radius 3 is 2.52 bits per heavy atom. The summed E-state index contributed by atoms with van der Waals surface area (Å²) in [5, 5.41) is 9.28. The lowest BCUT2D eigenvalue weighted by Gasteiger charge is -2.38. The molecule has 1 aromatic rings. The van der Waals surface area contributed by atoms with E-state index in [2.05, 4.69) is 26.0 Å². The van der Waals surface area contributed by atoms with Crippen LogP contribution >= 0.6 is 0 Å². The van der Waals surface area contributed by atoms with Crippen molar-refractivity contribution < 1.29 is 14.7 Å². The smallest absolute Gasteiger partial charge is 0.308 e. The Balaban J connectivity index is 1.98. The summed E-state index contributed by atoms with van der Waals surface area (Å²) in [5.41, 5.74) is 1.16. The van der Waals surface area contributed by atoms with E-state index in [9.17, 15) is 14.7 Å². The number of amides is 1. The highest BCUT2D eigenvalue weighted by Gasteiger charge is 2.35. The van der Waals surface area contributed by atoms with Crippen LogP contribution in [0, 0.1) is 5.92 Å². The predicted molar refractivity (Wildman–Crippen MR) is 90.2 cm³/mol. The molecule has 1 aliphatic rings. The Labute approximate surface area is 138 Å². The Kier molecular flexibility index (Phi) is 5.45. The summed E-state index contributed by atoms with van der Waals surface area (Å²) < 4.78 is 0. The van der Waals surface area contributed by atoms with Gasteiger partial charge in [-0.3, -0.25) is 9.59 Å². The molecule has 1 aliphatic heterocycles. The molecule has 1 aromatic carbocycles. The van der Waals surface area contributed by atoms with E-state index >= 15 is 0 Å². The van der Waals surface area contributed by atoms with Gasteiger partial charge in [-0.05, 0) is 37.2 Å². The van der Waals surface area contributed by atoms with E-state index in [1.54, 1.807) is 4.90 Å². The van der Waals surface area contributed by atoms with Gasteiger partial charge in [0.1, 0.15) is 0 Å². The second-order valence-corrected chi connectivity index (χ2v) is 7.16. The van der Waals surface area contributed by atoms with Gasteiger partial charge in [-0.1, -0.05) is 44.2 Å². The van der Waals surface area contributed by atoms with Gasteiger partial charge in [-0.2, -0.15) is 0 Å². The Hall–Kier alpha value is -1.84. The molecule has 4 nitrogen and oxygen atoms in total. The van der Waals surface area contributed by atoms with E-state index in [1.165, 1.54) is 5.56 Å². The standard InChI is InChI=1S/C19H27NO3/c1-14-16(18(22)23)10-7-13-20(14)17(21)11-12-19(2,3)15-8-5-4-6-9-15/h4-6,8-9,14,16H,7,10-13H2,1-3H3,(H,22,23)/t14-,16-/m1/s1. The third-order valence-electron chi connectivity index (χ3n) is 5.14. The molecule has 0 spiro atoms. The predicted octanol–water partition coefficient (Wildman–Crippen LogP) is 3.46. The normalized spacial score (nSPS) is 22.0. The van der Waals surface area contributed by atoms with Crippen LogP contribution in [0.15, 0.2) is 30.3 Å². The number of carbonyl (C=O) groups is 2. The van der Waals surface area contributed by atoms with Crippen molar-refractivity contribution in [3.63, 3.8) is 0 Å². The number of likely N-dealkylation sites (tertiary alicyclic amines) is 1.